The smallest absolute Gasteiger partial charge is 0.321 e. The van der Waals surface area contributed by atoms with E-state index in [-0.39, 0.29) is 37.1 Å². The number of aromatic nitrogens is 5. The van der Waals surface area contributed by atoms with Gasteiger partial charge in [-0.1, -0.05) is 0 Å². The van der Waals surface area contributed by atoms with Crippen molar-refractivity contribution < 1.29 is 14.9 Å². The molecule has 0 saturated carbocycles. The molecule has 0 aromatic carbocycles. The molecule has 2 aromatic rings. The van der Waals surface area contributed by atoms with Crippen molar-refractivity contribution >= 4 is 11.8 Å². The van der Waals surface area contributed by atoms with Gasteiger partial charge in [-0.15, -0.1) is 0 Å². The maximum absolute atomic E-state index is 9.41. The van der Waals surface area contributed by atoms with Crippen LogP contribution in [0.4, 0.5) is 11.8 Å². The van der Waals surface area contributed by atoms with Crippen LogP contribution in [0.2, 0.25) is 0 Å². The van der Waals surface area contributed by atoms with Gasteiger partial charge in [-0.05, 0) is 19.9 Å². The summed E-state index contributed by atoms with van der Waals surface area (Å²) in [5, 5.41) is 18.5. The van der Waals surface area contributed by atoms with Crippen LogP contribution >= 0.6 is 0 Å². The van der Waals surface area contributed by atoms with E-state index >= 15 is 0 Å². The Balaban J connectivity index is 1.82. The summed E-state index contributed by atoms with van der Waals surface area (Å²) in [6.45, 7) is 5.38. The van der Waals surface area contributed by atoms with Gasteiger partial charge in [0.2, 0.25) is 5.95 Å². The highest BCUT2D eigenvalue weighted by atomic mass is 16.5. The number of rotatable bonds is 6. The summed E-state index contributed by atoms with van der Waals surface area (Å²) in [6, 6.07) is 2.27. The van der Waals surface area contributed by atoms with E-state index in [0.717, 1.165) is 18.9 Å². The van der Waals surface area contributed by atoms with E-state index in [2.05, 4.69) is 48.6 Å². The lowest BCUT2D eigenvalue weighted by atomic mass is 10.1. The molecule has 10 heteroatoms. The highest BCUT2D eigenvalue weighted by molar-refractivity contribution is 5.44. The minimum absolute atomic E-state index is 0.0262. The number of aliphatic hydroxyl groups excluding tert-OH is 2. The lowest BCUT2D eigenvalue weighted by molar-refractivity contribution is 0.266. The Morgan fingerprint density at radius 3 is 2.44 bits per heavy atom. The second-order valence-electron chi connectivity index (χ2n) is 6.51. The van der Waals surface area contributed by atoms with Crippen molar-refractivity contribution in [3.63, 3.8) is 0 Å². The molecule has 1 saturated heterocycles. The van der Waals surface area contributed by atoms with Crippen LogP contribution in [-0.4, -0.2) is 74.0 Å². The lowest BCUT2D eigenvalue weighted by Gasteiger charge is -2.44. The minimum Gasteiger partial charge on any atom is -0.467 e. The van der Waals surface area contributed by atoms with E-state index in [4.69, 9.17) is 9.84 Å². The summed E-state index contributed by atoms with van der Waals surface area (Å²) in [4.78, 5) is 25.8. The van der Waals surface area contributed by atoms with E-state index < -0.39 is 0 Å². The summed E-state index contributed by atoms with van der Waals surface area (Å²) in [5.41, 5.74) is 0. The predicted octanol–water partition coefficient (Wildman–Crippen LogP) is -0.199. The Hall–Kier alpha value is -2.59. The van der Waals surface area contributed by atoms with Gasteiger partial charge in [0.1, 0.15) is 18.2 Å². The Morgan fingerprint density at radius 2 is 1.81 bits per heavy atom. The van der Waals surface area contributed by atoms with Crippen LogP contribution in [0.25, 0.3) is 0 Å². The van der Waals surface area contributed by atoms with Crippen LogP contribution in [0.1, 0.15) is 25.5 Å². The first-order chi connectivity index (χ1) is 13.0. The molecule has 2 aromatic heterocycles. The van der Waals surface area contributed by atoms with Gasteiger partial charge in [-0.25, -0.2) is 9.97 Å². The van der Waals surface area contributed by atoms with Gasteiger partial charge in [0.15, 0.2) is 5.82 Å². The molecule has 0 unspecified atom stereocenters. The molecule has 2 atom stereocenters. The van der Waals surface area contributed by atoms with Crippen LogP contribution < -0.4 is 14.5 Å². The summed E-state index contributed by atoms with van der Waals surface area (Å²) >= 11 is 0. The summed E-state index contributed by atoms with van der Waals surface area (Å²) in [6.07, 6.45) is 2.16. The molecule has 2 N–H and O–H groups in total. The molecule has 3 heterocycles. The molecule has 1 aliphatic rings. The molecule has 27 heavy (non-hydrogen) atoms. The first kappa shape index (κ1) is 19.2. The fourth-order valence-electron chi connectivity index (χ4n) is 3.35. The zero-order chi connectivity index (χ0) is 19.4. The van der Waals surface area contributed by atoms with Crippen molar-refractivity contribution in [2.75, 3.05) is 36.6 Å². The Labute approximate surface area is 157 Å². The van der Waals surface area contributed by atoms with Crippen molar-refractivity contribution in [1.82, 2.24) is 24.9 Å². The Bertz CT molecular complexity index is 742. The molecule has 146 valence electrons. The summed E-state index contributed by atoms with van der Waals surface area (Å²) < 4.78 is 5.14. The molecule has 1 fully saturated rings. The largest absolute Gasteiger partial charge is 0.467 e. The zero-order valence-corrected chi connectivity index (χ0v) is 15.8. The van der Waals surface area contributed by atoms with Crippen molar-refractivity contribution in [2.24, 2.45) is 0 Å². The van der Waals surface area contributed by atoms with Crippen LogP contribution in [-0.2, 0) is 13.0 Å². The number of anilines is 2. The van der Waals surface area contributed by atoms with Crippen LogP contribution in [0.3, 0.4) is 0 Å². The van der Waals surface area contributed by atoms with Crippen LogP contribution in [0, 0.1) is 0 Å². The van der Waals surface area contributed by atoms with Crippen molar-refractivity contribution in [3.8, 4) is 6.01 Å². The summed E-state index contributed by atoms with van der Waals surface area (Å²) in [5.74, 6) is 2.25. The monoisotopic (exact) mass is 375 g/mol. The number of ether oxygens (including phenoxy) is 1. The van der Waals surface area contributed by atoms with E-state index in [0.29, 0.717) is 18.2 Å². The third kappa shape index (κ3) is 4.22. The molecular weight excluding hydrogens is 350 g/mol. The van der Waals surface area contributed by atoms with E-state index in [9.17, 15) is 5.11 Å². The third-order valence-electron chi connectivity index (χ3n) is 4.47. The van der Waals surface area contributed by atoms with Gasteiger partial charge < -0.3 is 24.7 Å². The number of aliphatic hydroxyl groups is 2. The number of hydrogen-bond acceptors (Lipinski definition) is 10. The van der Waals surface area contributed by atoms with Gasteiger partial charge in [-0.2, -0.15) is 15.0 Å². The standard InChI is InChI=1S/C17H25N7O3/c1-11-8-23(15-4-6-18-13(19-15)5-7-25)9-12(2)24(11)16-20-14(10-26)21-17(22-16)27-3/h4,6,11-12,25-26H,5,7-10H2,1-3H3/t11-,12+. The highest BCUT2D eigenvalue weighted by Gasteiger charge is 2.32. The van der Waals surface area contributed by atoms with Crippen molar-refractivity contribution in [3.05, 3.63) is 23.9 Å². The first-order valence-electron chi connectivity index (χ1n) is 8.91. The topological polar surface area (TPSA) is 121 Å². The van der Waals surface area contributed by atoms with Gasteiger partial charge in [0.25, 0.3) is 0 Å². The van der Waals surface area contributed by atoms with Gasteiger partial charge >= 0.3 is 6.01 Å². The number of hydrogen-bond donors (Lipinski definition) is 2. The number of piperazine rings is 1. The predicted molar refractivity (Wildman–Crippen MR) is 98.7 cm³/mol. The molecular formula is C17H25N7O3. The van der Waals surface area contributed by atoms with Crippen LogP contribution in [0.5, 0.6) is 6.01 Å². The average molecular weight is 375 g/mol. The SMILES string of the molecule is COc1nc(CO)nc(N2[C@H](C)CN(c3ccnc(CCO)n3)C[C@@H]2C)n1. The number of nitrogens with zero attached hydrogens (tertiary/aromatic N) is 7. The quantitative estimate of drug-likeness (QED) is 0.702. The van der Waals surface area contributed by atoms with Gasteiger partial charge in [0, 0.05) is 37.8 Å². The fourth-order valence-corrected chi connectivity index (χ4v) is 3.35. The van der Waals surface area contributed by atoms with E-state index in [1.54, 1.807) is 6.20 Å². The van der Waals surface area contributed by atoms with Crippen molar-refractivity contribution in [1.29, 1.82) is 0 Å². The van der Waals surface area contributed by atoms with E-state index in [1.807, 2.05) is 6.07 Å². The number of methoxy groups -OCH3 is 1. The Kier molecular flexibility index (Phi) is 5.97. The van der Waals surface area contributed by atoms with Gasteiger partial charge in [-0.3, -0.25) is 0 Å². The normalized spacial score (nSPS) is 20.0. The lowest BCUT2D eigenvalue weighted by Crippen LogP contribution is -2.58. The molecule has 0 amide bonds. The molecule has 0 bridgehead atoms. The molecule has 0 radical (unpaired) electrons. The third-order valence-corrected chi connectivity index (χ3v) is 4.47. The molecule has 10 nitrogen and oxygen atoms in total. The van der Waals surface area contributed by atoms with E-state index in [1.165, 1.54) is 7.11 Å². The maximum atomic E-state index is 9.41. The second-order valence-corrected chi connectivity index (χ2v) is 6.51. The Morgan fingerprint density at radius 1 is 1.07 bits per heavy atom. The molecule has 0 aliphatic carbocycles. The summed E-state index contributed by atoms with van der Waals surface area (Å²) in [7, 11) is 1.49. The average Bonchev–Trinajstić information content (AvgIpc) is 2.67. The van der Waals surface area contributed by atoms with Crippen molar-refractivity contribution in [2.45, 2.75) is 39.0 Å². The second kappa shape index (κ2) is 8.40. The zero-order valence-electron chi connectivity index (χ0n) is 15.8. The van der Waals surface area contributed by atoms with Gasteiger partial charge in [0.05, 0.1) is 13.7 Å². The minimum atomic E-state index is -0.275. The first-order valence-corrected chi connectivity index (χ1v) is 8.91. The maximum Gasteiger partial charge on any atom is 0.321 e. The molecule has 1 aliphatic heterocycles. The van der Waals surface area contributed by atoms with Crippen LogP contribution in [0.15, 0.2) is 12.3 Å². The fraction of sp³-hybridized carbons (Fsp3) is 0.588. The molecule has 3 rings (SSSR count). The molecule has 0 spiro atoms. The highest BCUT2D eigenvalue weighted by Crippen LogP contribution is 2.25.